The summed E-state index contributed by atoms with van der Waals surface area (Å²) in [7, 11) is 0. The van der Waals surface area contributed by atoms with Gasteiger partial charge in [0.25, 0.3) is 5.91 Å². The topological polar surface area (TPSA) is 67.2 Å². The van der Waals surface area contributed by atoms with Crippen molar-refractivity contribution >= 4 is 23.2 Å². The van der Waals surface area contributed by atoms with Crippen molar-refractivity contribution in [1.82, 2.24) is 5.32 Å². The van der Waals surface area contributed by atoms with Crippen molar-refractivity contribution in [3.05, 3.63) is 28.5 Å². The Balaban J connectivity index is 1.84. The molecule has 0 bridgehead atoms. The predicted molar refractivity (Wildman–Crippen MR) is 88.3 cm³/mol. The van der Waals surface area contributed by atoms with Crippen LogP contribution in [0.5, 0.6) is 0 Å². The quantitative estimate of drug-likeness (QED) is 0.656. The van der Waals surface area contributed by atoms with E-state index in [0.717, 1.165) is 31.7 Å². The number of hydrogen-bond acceptors (Lipinski definition) is 3. The smallest absolute Gasteiger partial charge is 0.381 e. The monoisotopic (exact) mass is 381 g/mol. The summed E-state index contributed by atoms with van der Waals surface area (Å²) in [6.07, 6.45) is -2.11. The van der Waals surface area contributed by atoms with E-state index in [9.17, 15) is 22.4 Å². The number of nitrogens with two attached hydrogens (primary N) is 1. The average molecular weight is 382 g/mol. The van der Waals surface area contributed by atoms with Gasteiger partial charge in [-0.2, -0.15) is 13.2 Å². The lowest BCUT2D eigenvalue weighted by Crippen LogP contribution is -2.38. The van der Waals surface area contributed by atoms with Crippen LogP contribution in [0.3, 0.4) is 0 Å². The Bertz CT molecular complexity index is 616. The second kappa shape index (κ2) is 8.23. The zero-order chi connectivity index (χ0) is 18.6. The summed E-state index contributed by atoms with van der Waals surface area (Å²) in [6.45, 7) is -0.0854. The molecule has 0 heterocycles. The van der Waals surface area contributed by atoms with Gasteiger partial charge in [0.15, 0.2) is 0 Å². The molecule has 4 N–H and O–H groups in total. The van der Waals surface area contributed by atoms with E-state index in [2.05, 4.69) is 10.6 Å². The highest BCUT2D eigenvalue weighted by Crippen LogP contribution is 2.29. The van der Waals surface area contributed by atoms with E-state index >= 15 is 0 Å². The summed E-state index contributed by atoms with van der Waals surface area (Å²) < 4.78 is 50.3. The van der Waals surface area contributed by atoms with E-state index in [1.807, 2.05) is 0 Å². The summed E-state index contributed by atoms with van der Waals surface area (Å²) in [5, 5.41) is 6.24. The maximum absolute atomic E-state index is 13.8. The molecule has 0 radical (unpaired) electrons. The third-order valence-electron chi connectivity index (χ3n) is 4.25. The Morgan fingerprint density at radius 1 is 1.20 bits per heavy atom. The van der Waals surface area contributed by atoms with Gasteiger partial charge in [0.05, 0.1) is 22.7 Å². The van der Waals surface area contributed by atoms with Gasteiger partial charge in [0.1, 0.15) is 5.82 Å². The van der Waals surface area contributed by atoms with Gasteiger partial charge in [-0.3, -0.25) is 4.79 Å². The minimum absolute atomic E-state index is 0.0389. The molecule has 140 valence electrons. The lowest BCUT2D eigenvalue weighted by Gasteiger charge is -2.30. The molecule has 1 aliphatic rings. The van der Waals surface area contributed by atoms with Gasteiger partial charge in [0, 0.05) is 18.6 Å². The van der Waals surface area contributed by atoms with E-state index in [1.54, 1.807) is 0 Å². The fourth-order valence-corrected chi connectivity index (χ4v) is 3.14. The zero-order valence-corrected chi connectivity index (χ0v) is 14.2. The highest BCUT2D eigenvalue weighted by Gasteiger charge is 2.28. The minimum Gasteiger partial charge on any atom is -0.381 e. The maximum Gasteiger partial charge on any atom is 0.390 e. The molecule has 1 aliphatic carbocycles. The molecule has 25 heavy (non-hydrogen) atoms. The van der Waals surface area contributed by atoms with Gasteiger partial charge in [-0.1, -0.05) is 11.6 Å². The first-order chi connectivity index (χ1) is 11.7. The number of amides is 1. The Kier molecular flexibility index (Phi) is 6.51. The molecule has 9 heteroatoms. The van der Waals surface area contributed by atoms with Gasteiger partial charge in [-0.15, -0.1) is 0 Å². The highest BCUT2D eigenvalue weighted by molar-refractivity contribution is 6.33. The first kappa shape index (κ1) is 19.8. The lowest BCUT2D eigenvalue weighted by atomic mass is 9.91. The molecular weight excluding hydrogens is 362 g/mol. The first-order valence-electron chi connectivity index (χ1n) is 8.01. The maximum atomic E-state index is 13.8. The molecule has 1 aromatic rings. The minimum atomic E-state index is -4.15. The fourth-order valence-electron chi connectivity index (χ4n) is 2.93. The molecule has 0 aromatic heterocycles. The van der Waals surface area contributed by atoms with Gasteiger partial charge in [0.2, 0.25) is 0 Å². The number of alkyl halides is 3. The molecule has 1 amide bonds. The van der Waals surface area contributed by atoms with E-state index in [4.69, 9.17) is 17.3 Å². The van der Waals surface area contributed by atoms with E-state index in [0.29, 0.717) is 5.69 Å². The van der Waals surface area contributed by atoms with Gasteiger partial charge >= 0.3 is 6.18 Å². The third kappa shape index (κ3) is 6.04. The van der Waals surface area contributed by atoms with Crippen molar-refractivity contribution in [2.75, 3.05) is 11.9 Å². The SMILES string of the molecule is NC(=O)c1cc(Cl)c(NC2CCC(NCCC(F)(F)F)CC2)cc1F. The summed E-state index contributed by atoms with van der Waals surface area (Å²) in [5.74, 6) is -1.64. The van der Waals surface area contributed by atoms with Crippen LogP contribution in [0, 0.1) is 5.82 Å². The molecule has 0 saturated heterocycles. The number of benzene rings is 1. The van der Waals surface area contributed by atoms with Crippen molar-refractivity contribution in [2.45, 2.75) is 50.4 Å². The van der Waals surface area contributed by atoms with Crippen molar-refractivity contribution in [3.8, 4) is 0 Å². The lowest BCUT2D eigenvalue weighted by molar-refractivity contribution is -0.133. The van der Waals surface area contributed by atoms with Crippen LogP contribution >= 0.6 is 11.6 Å². The Morgan fingerprint density at radius 3 is 2.36 bits per heavy atom. The Labute approximate surface area is 148 Å². The molecule has 1 aromatic carbocycles. The second-order valence-electron chi connectivity index (χ2n) is 6.19. The van der Waals surface area contributed by atoms with Crippen molar-refractivity contribution in [1.29, 1.82) is 0 Å². The van der Waals surface area contributed by atoms with Crippen molar-refractivity contribution in [2.24, 2.45) is 5.73 Å². The average Bonchev–Trinajstić information content (AvgIpc) is 2.50. The predicted octanol–water partition coefficient (Wildman–Crippen LogP) is 3.84. The van der Waals surface area contributed by atoms with Gasteiger partial charge in [-0.25, -0.2) is 4.39 Å². The van der Waals surface area contributed by atoms with Crippen LogP contribution in [0.1, 0.15) is 42.5 Å². The number of anilines is 1. The number of hydrogen-bond donors (Lipinski definition) is 3. The molecular formula is C16H20ClF4N3O. The van der Waals surface area contributed by atoms with Gasteiger partial charge in [-0.05, 0) is 37.8 Å². The van der Waals surface area contributed by atoms with Crippen LogP contribution in [0.2, 0.25) is 5.02 Å². The standard InChI is InChI=1S/C16H20ClF4N3O/c17-12-7-11(15(22)25)13(18)8-14(12)24-10-3-1-9(2-4-10)23-6-5-16(19,20)21/h7-10,23-24H,1-6H2,(H2,22,25). The van der Waals surface area contributed by atoms with Crippen LogP contribution in [-0.2, 0) is 0 Å². The molecule has 2 rings (SSSR count). The summed E-state index contributed by atoms with van der Waals surface area (Å²) in [6, 6.07) is 2.41. The van der Waals surface area contributed by atoms with Crippen LogP contribution in [0.4, 0.5) is 23.2 Å². The fraction of sp³-hybridized carbons (Fsp3) is 0.562. The van der Waals surface area contributed by atoms with Crippen LogP contribution < -0.4 is 16.4 Å². The number of carbonyl (C=O) groups is 1. The number of carbonyl (C=O) groups excluding carboxylic acids is 1. The van der Waals surface area contributed by atoms with Crippen LogP contribution in [-0.4, -0.2) is 30.7 Å². The molecule has 4 nitrogen and oxygen atoms in total. The molecule has 0 atom stereocenters. The Morgan fingerprint density at radius 2 is 1.80 bits per heavy atom. The van der Waals surface area contributed by atoms with E-state index in [-0.39, 0.29) is 29.2 Å². The first-order valence-corrected chi connectivity index (χ1v) is 8.39. The zero-order valence-electron chi connectivity index (χ0n) is 13.4. The molecule has 0 spiro atoms. The van der Waals surface area contributed by atoms with Crippen molar-refractivity contribution < 1.29 is 22.4 Å². The van der Waals surface area contributed by atoms with Crippen molar-refractivity contribution in [3.63, 3.8) is 0 Å². The number of primary amides is 1. The molecule has 1 saturated carbocycles. The Hall–Kier alpha value is -1.54. The number of rotatable bonds is 6. The highest BCUT2D eigenvalue weighted by atomic mass is 35.5. The largest absolute Gasteiger partial charge is 0.390 e. The summed E-state index contributed by atoms with van der Waals surface area (Å²) in [4.78, 5) is 11.1. The van der Waals surface area contributed by atoms with Gasteiger partial charge < -0.3 is 16.4 Å². The third-order valence-corrected chi connectivity index (χ3v) is 4.56. The summed E-state index contributed by atoms with van der Waals surface area (Å²) >= 11 is 6.05. The van der Waals surface area contributed by atoms with E-state index in [1.165, 1.54) is 6.07 Å². The van der Waals surface area contributed by atoms with Crippen LogP contribution in [0.25, 0.3) is 0 Å². The van der Waals surface area contributed by atoms with Crippen LogP contribution in [0.15, 0.2) is 12.1 Å². The van der Waals surface area contributed by atoms with E-state index < -0.39 is 24.3 Å². The number of nitrogens with one attached hydrogen (secondary N) is 2. The molecule has 0 aliphatic heterocycles. The molecule has 1 fully saturated rings. The number of halogens is 5. The molecule has 0 unspecified atom stereocenters. The summed E-state index contributed by atoms with van der Waals surface area (Å²) in [5.41, 5.74) is 5.17. The second-order valence-corrected chi connectivity index (χ2v) is 6.60. The normalized spacial score (nSPS) is 21.2.